The number of nitrogens with two attached hydrogens (primary N) is 1. The van der Waals surface area contributed by atoms with Crippen molar-refractivity contribution in [1.29, 1.82) is 0 Å². The maximum absolute atomic E-state index is 6.16. The molecule has 4 aromatic rings. The highest BCUT2D eigenvalue weighted by Gasteiger charge is 2.25. The molecule has 0 spiro atoms. The second-order valence-corrected chi connectivity index (χ2v) is 8.61. The molecule has 7 heteroatoms. The lowest BCUT2D eigenvalue weighted by molar-refractivity contribution is 0.171. The van der Waals surface area contributed by atoms with E-state index < -0.39 is 0 Å². The number of H-pyrrole nitrogens is 1. The van der Waals surface area contributed by atoms with E-state index in [1.807, 2.05) is 60.8 Å². The summed E-state index contributed by atoms with van der Waals surface area (Å²) in [6, 6.07) is 18.2. The first-order valence-corrected chi connectivity index (χ1v) is 11.3. The zero-order chi connectivity index (χ0) is 21.2. The van der Waals surface area contributed by atoms with Gasteiger partial charge in [-0.1, -0.05) is 42.5 Å². The van der Waals surface area contributed by atoms with Gasteiger partial charge >= 0.3 is 0 Å². The van der Waals surface area contributed by atoms with Crippen molar-refractivity contribution in [3.63, 3.8) is 0 Å². The second-order valence-electron chi connectivity index (χ2n) is 7.76. The quantitative estimate of drug-likeness (QED) is 0.427. The summed E-state index contributed by atoms with van der Waals surface area (Å²) < 4.78 is 7.11. The van der Waals surface area contributed by atoms with Gasteiger partial charge in [0.05, 0.1) is 10.2 Å². The molecule has 1 saturated heterocycles. The number of hydrogen-bond acceptors (Lipinski definition) is 5. The topological polar surface area (TPSA) is 80.1 Å². The minimum Gasteiger partial charge on any atom is -0.490 e. The lowest BCUT2D eigenvalue weighted by atomic mass is 10.1. The predicted molar refractivity (Wildman–Crippen MR) is 127 cm³/mol. The molecular formula is C24H24BrN5O. The third kappa shape index (κ3) is 4.16. The molecule has 6 nitrogen and oxygen atoms in total. The minimum absolute atomic E-state index is 0.227. The Kier molecular flexibility index (Phi) is 5.61. The molecule has 0 saturated carbocycles. The Morgan fingerprint density at radius 1 is 1.06 bits per heavy atom. The van der Waals surface area contributed by atoms with E-state index in [9.17, 15) is 0 Å². The average molecular weight is 478 g/mol. The van der Waals surface area contributed by atoms with Crippen molar-refractivity contribution >= 4 is 32.8 Å². The van der Waals surface area contributed by atoms with Crippen LogP contribution in [0, 0.1) is 0 Å². The summed E-state index contributed by atoms with van der Waals surface area (Å²) in [6.45, 7) is 2.34. The first-order valence-electron chi connectivity index (χ1n) is 10.5. The summed E-state index contributed by atoms with van der Waals surface area (Å²) in [6.07, 6.45) is 4.00. The predicted octanol–water partition coefficient (Wildman–Crippen LogP) is 4.89. The Balaban J connectivity index is 1.38. The number of halogens is 1. The number of rotatable bonds is 5. The Hall–Kier alpha value is -2.90. The number of hydrogen-bond donors (Lipinski definition) is 2. The van der Waals surface area contributed by atoms with Gasteiger partial charge in [0.25, 0.3) is 0 Å². The van der Waals surface area contributed by atoms with Crippen LogP contribution in [0.3, 0.4) is 0 Å². The van der Waals surface area contributed by atoms with E-state index >= 15 is 0 Å². The molecule has 158 valence electrons. The first kappa shape index (κ1) is 20.0. The molecule has 0 aliphatic carbocycles. The van der Waals surface area contributed by atoms with E-state index in [1.54, 1.807) is 0 Å². The molecule has 3 heterocycles. The van der Waals surface area contributed by atoms with Crippen molar-refractivity contribution in [2.24, 2.45) is 5.73 Å². The second kappa shape index (κ2) is 8.69. The monoisotopic (exact) mass is 477 g/mol. The zero-order valence-electron chi connectivity index (χ0n) is 17.1. The molecule has 0 bridgehead atoms. The number of anilines is 1. The average Bonchev–Trinajstić information content (AvgIpc) is 3.25. The van der Waals surface area contributed by atoms with Crippen LogP contribution in [0.4, 0.5) is 5.69 Å². The van der Waals surface area contributed by atoms with Gasteiger partial charge in [0.1, 0.15) is 23.2 Å². The largest absolute Gasteiger partial charge is 0.490 e. The van der Waals surface area contributed by atoms with Crippen LogP contribution in [0.1, 0.15) is 18.4 Å². The molecule has 2 aromatic carbocycles. The molecular weight excluding hydrogens is 454 g/mol. The van der Waals surface area contributed by atoms with Gasteiger partial charge in [0.15, 0.2) is 5.65 Å². The van der Waals surface area contributed by atoms with Gasteiger partial charge < -0.3 is 20.4 Å². The van der Waals surface area contributed by atoms with Crippen LogP contribution in [-0.4, -0.2) is 34.1 Å². The first-order chi connectivity index (χ1) is 15.2. The molecule has 0 radical (unpaired) electrons. The third-order valence-electron chi connectivity index (χ3n) is 5.71. The zero-order valence-corrected chi connectivity index (χ0v) is 18.7. The summed E-state index contributed by atoms with van der Waals surface area (Å²) in [4.78, 5) is 15.2. The van der Waals surface area contributed by atoms with Gasteiger partial charge in [-0.25, -0.2) is 9.97 Å². The Morgan fingerprint density at radius 2 is 1.81 bits per heavy atom. The van der Waals surface area contributed by atoms with Gasteiger partial charge in [-0.15, -0.1) is 0 Å². The number of nitrogens with zero attached hydrogens (tertiary/aromatic N) is 3. The normalized spacial score (nSPS) is 14.8. The summed E-state index contributed by atoms with van der Waals surface area (Å²) in [5.74, 6) is 1.75. The van der Waals surface area contributed by atoms with Crippen LogP contribution in [0.25, 0.3) is 22.6 Å². The lowest BCUT2D eigenvalue weighted by Crippen LogP contribution is -2.38. The molecule has 5 rings (SSSR count). The highest BCUT2D eigenvalue weighted by atomic mass is 79.9. The number of para-hydroxylation sites is 1. The van der Waals surface area contributed by atoms with Crippen LogP contribution in [0.5, 0.6) is 5.75 Å². The van der Waals surface area contributed by atoms with Crippen LogP contribution in [0.2, 0.25) is 0 Å². The number of ether oxygens (including phenoxy) is 1. The number of fused-ring (bicyclic) bond motifs is 1. The van der Waals surface area contributed by atoms with Crippen molar-refractivity contribution in [3.8, 4) is 17.1 Å². The Morgan fingerprint density at radius 3 is 2.52 bits per heavy atom. The molecule has 0 unspecified atom stereocenters. The standard InChI is InChI=1S/C24H24BrN5O/c25-20-15-27-24-21(28-23(29-24)17-8-6-16(14-26)7-9-17)22(20)30-12-10-19(11-13-30)31-18-4-2-1-3-5-18/h1-9,15,19H,10-14,26H2,(H,27,28,29). The summed E-state index contributed by atoms with van der Waals surface area (Å²) in [7, 11) is 0. The third-order valence-corrected chi connectivity index (χ3v) is 6.29. The van der Waals surface area contributed by atoms with E-state index in [4.69, 9.17) is 15.5 Å². The smallest absolute Gasteiger partial charge is 0.159 e. The van der Waals surface area contributed by atoms with Crippen LogP contribution < -0.4 is 15.4 Å². The summed E-state index contributed by atoms with van der Waals surface area (Å²) in [5.41, 5.74) is 10.6. The number of piperidine rings is 1. The van der Waals surface area contributed by atoms with E-state index in [2.05, 4.69) is 30.8 Å². The fraction of sp³-hybridized carbons (Fsp3) is 0.250. The molecule has 0 atom stereocenters. The van der Waals surface area contributed by atoms with E-state index in [0.29, 0.717) is 6.54 Å². The van der Waals surface area contributed by atoms with Gasteiger partial charge in [-0.2, -0.15) is 0 Å². The van der Waals surface area contributed by atoms with Crippen molar-refractivity contribution in [1.82, 2.24) is 15.0 Å². The van der Waals surface area contributed by atoms with Crippen LogP contribution in [-0.2, 0) is 6.54 Å². The fourth-order valence-electron chi connectivity index (χ4n) is 4.04. The number of aromatic amines is 1. The van der Waals surface area contributed by atoms with E-state index in [0.717, 1.165) is 70.0 Å². The van der Waals surface area contributed by atoms with Crippen molar-refractivity contribution in [2.45, 2.75) is 25.5 Å². The molecule has 1 fully saturated rings. The highest BCUT2D eigenvalue weighted by Crippen LogP contribution is 2.35. The lowest BCUT2D eigenvalue weighted by Gasteiger charge is -2.34. The fourth-order valence-corrected chi connectivity index (χ4v) is 4.58. The maximum atomic E-state index is 6.16. The Labute approximate surface area is 189 Å². The number of benzene rings is 2. The van der Waals surface area contributed by atoms with E-state index in [-0.39, 0.29) is 6.10 Å². The number of imidazole rings is 1. The minimum atomic E-state index is 0.227. The van der Waals surface area contributed by atoms with Crippen molar-refractivity contribution < 1.29 is 4.74 Å². The SMILES string of the molecule is NCc1ccc(-c2nc3c(N4CCC(Oc5ccccc5)CC4)c(Br)cnc3[nH]2)cc1. The molecule has 1 aliphatic rings. The number of aromatic nitrogens is 3. The number of pyridine rings is 1. The van der Waals surface area contributed by atoms with Crippen molar-refractivity contribution in [2.75, 3.05) is 18.0 Å². The van der Waals surface area contributed by atoms with Gasteiger partial charge in [0, 0.05) is 44.2 Å². The van der Waals surface area contributed by atoms with Gasteiger partial charge in [-0.05, 0) is 33.6 Å². The van der Waals surface area contributed by atoms with Crippen LogP contribution >= 0.6 is 15.9 Å². The van der Waals surface area contributed by atoms with Gasteiger partial charge in [0.2, 0.25) is 0 Å². The Bertz CT molecular complexity index is 1170. The molecule has 0 amide bonds. The van der Waals surface area contributed by atoms with Crippen LogP contribution in [0.15, 0.2) is 65.3 Å². The summed E-state index contributed by atoms with van der Waals surface area (Å²) >= 11 is 3.70. The molecule has 3 N–H and O–H groups in total. The van der Waals surface area contributed by atoms with Gasteiger partial charge in [-0.3, -0.25) is 0 Å². The van der Waals surface area contributed by atoms with E-state index in [1.165, 1.54) is 0 Å². The molecule has 2 aromatic heterocycles. The molecule has 1 aliphatic heterocycles. The van der Waals surface area contributed by atoms with Crippen molar-refractivity contribution in [3.05, 3.63) is 70.8 Å². The number of nitrogens with one attached hydrogen (secondary N) is 1. The highest BCUT2D eigenvalue weighted by molar-refractivity contribution is 9.10. The maximum Gasteiger partial charge on any atom is 0.159 e. The molecule has 31 heavy (non-hydrogen) atoms. The summed E-state index contributed by atoms with van der Waals surface area (Å²) in [5, 5.41) is 0.